The average molecular weight is 249 g/mol. The molecule has 2 aromatic rings. The molecule has 0 fully saturated rings. The highest BCUT2D eigenvalue weighted by Crippen LogP contribution is 2.23. The summed E-state index contributed by atoms with van der Waals surface area (Å²) in [6.45, 7) is 4.00. The van der Waals surface area contributed by atoms with Gasteiger partial charge in [-0.1, -0.05) is 19.1 Å². The molecule has 1 aromatic carbocycles. The van der Waals surface area contributed by atoms with E-state index in [0.717, 1.165) is 17.7 Å². The molecule has 0 saturated carbocycles. The van der Waals surface area contributed by atoms with E-state index in [9.17, 15) is 0 Å². The van der Waals surface area contributed by atoms with Gasteiger partial charge in [0.2, 0.25) is 11.2 Å². The van der Waals surface area contributed by atoms with Crippen molar-refractivity contribution in [3.8, 4) is 11.6 Å². The van der Waals surface area contributed by atoms with Gasteiger partial charge in [-0.25, -0.2) is 4.98 Å². The van der Waals surface area contributed by atoms with E-state index < -0.39 is 0 Å². The quantitative estimate of drug-likeness (QED) is 0.775. The Kier molecular flexibility index (Phi) is 3.59. The maximum absolute atomic E-state index is 5.73. The zero-order chi connectivity index (χ0) is 12.3. The van der Waals surface area contributed by atoms with E-state index in [1.165, 1.54) is 5.56 Å². The first-order valence-corrected chi connectivity index (χ1v) is 5.82. The number of rotatable bonds is 3. The SMILES string of the molecule is CCc1ccc(Oc2nc(Cl)ncc2C)cc1. The fourth-order valence-electron chi connectivity index (χ4n) is 1.41. The van der Waals surface area contributed by atoms with Crippen molar-refractivity contribution < 1.29 is 4.74 Å². The summed E-state index contributed by atoms with van der Waals surface area (Å²) < 4.78 is 5.65. The van der Waals surface area contributed by atoms with Gasteiger partial charge in [0.15, 0.2) is 0 Å². The summed E-state index contributed by atoms with van der Waals surface area (Å²) in [4.78, 5) is 7.93. The van der Waals surface area contributed by atoms with Crippen LogP contribution in [0.25, 0.3) is 0 Å². The maximum atomic E-state index is 5.73. The minimum Gasteiger partial charge on any atom is -0.439 e. The summed E-state index contributed by atoms with van der Waals surface area (Å²) in [5.41, 5.74) is 2.13. The van der Waals surface area contributed by atoms with Crippen molar-refractivity contribution in [3.05, 3.63) is 46.9 Å². The average Bonchev–Trinajstić information content (AvgIpc) is 2.35. The van der Waals surface area contributed by atoms with E-state index in [2.05, 4.69) is 16.9 Å². The Balaban J connectivity index is 2.22. The van der Waals surface area contributed by atoms with Gasteiger partial charge in [-0.05, 0) is 42.6 Å². The van der Waals surface area contributed by atoms with Gasteiger partial charge in [-0.15, -0.1) is 0 Å². The molecule has 1 aromatic heterocycles. The molecule has 0 saturated heterocycles. The van der Waals surface area contributed by atoms with E-state index in [4.69, 9.17) is 16.3 Å². The number of hydrogen-bond donors (Lipinski definition) is 0. The summed E-state index contributed by atoms with van der Waals surface area (Å²) in [6, 6.07) is 7.92. The van der Waals surface area contributed by atoms with E-state index in [0.29, 0.717) is 5.88 Å². The van der Waals surface area contributed by atoms with E-state index >= 15 is 0 Å². The number of nitrogens with zero attached hydrogens (tertiary/aromatic N) is 2. The zero-order valence-corrected chi connectivity index (χ0v) is 10.5. The van der Waals surface area contributed by atoms with Crippen LogP contribution in [0.2, 0.25) is 5.28 Å². The van der Waals surface area contributed by atoms with E-state index in [-0.39, 0.29) is 5.28 Å². The Bertz CT molecular complexity index is 511. The monoisotopic (exact) mass is 248 g/mol. The topological polar surface area (TPSA) is 35.0 Å². The Hall–Kier alpha value is -1.61. The zero-order valence-electron chi connectivity index (χ0n) is 9.77. The molecule has 0 radical (unpaired) electrons. The van der Waals surface area contributed by atoms with Crippen LogP contribution in [0.3, 0.4) is 0 Å². The van der Waals surface area contributed by atoms with Gasteiger partial charge in [0.1, 0.15) is 5.75 Å². The Morgan fingerprint density at radius 3 is 2.59 bits per heavy atom. The van der Waals surface area contributed by atoms with Crippen molar-refractivity contribution in [1.82, 2.24) is 9.97 Å². The minimum absolute atomic E-state index is 0.191. The molecule has 0 atom stereocenters. The Labute approximate surface area is 105 Å². The van der Waals surface area contributed by atoms with Crippen LogP contribution in [0, 0.1) is 6.92 Å². The molecule has 0 N–H and O–H groups in total. The Morgan fingerprint density at radius 1 is 1.24 bits per heavy atom. The summed E-state index contributed by atoms with van der Waals surface area (Å²) in [5, 5.41) is 0.191. The maximum Gasteiger partial charge on any atom is 0.226 e. The molecule has 0 aliphatic heterocycles. The molecular formula is C13H13ClN2O. The molecule has 0 spiro atoms. The largest absolute Gasteiger partial charge is 0.439 e. The first-order chi connectivity index (χ1) is 8.19. The minimum atomic E-state index is 0.191. The van der Waals surface area contributed by atoms with Crippen LogP contribution >= 0.6 is 11.6 Å². The van der Waals surface area contributed by atoms with E-state index in [1.807, 2.05) is 31.2 Å². The lowest BCUT2D eigenvalue weighted by Crippen LogP contribution is -1.93. The number of ether oxygens (including phenoxy) is 1. The molecule has 1 heterocycles. The lowest BCUT2D eigenvalue weighted by atomic mass is 10.2. The van der Waals surface area contributed by atoms with Crippen molar-refractivity contribution in [2.75, 3.05) is 0 Å². The van der Waals surface area contributed by atoms with Crippen LogP contribution < -0.4 is 4.74 Å². The third kappa shape index (κ3) is 2.94. The Morgan fingerprint density at radius 2 is 1.94 bits per heavy atom. The van der Waals surface area contributed by atoms with Crippen LogP contribution in [-0.4, -0.2) is 9.97 Å². The molecule has 0 aliphatic rings. The van der Waals surface area contributed by atoms with Gasteiger partial charge >= 0.3 is 0 Å². The predicted octanol–water partition coefficient (Wildman–Crippen LogP) is 3.79. The van der Waals surface area contributed by atoms with Crippen LogP contribution in [-0.2, 0) is 6.42 Å². The van der Waals surface area contributed by atoms with E-state index in [1.54, 1.807) is 6.20 Å². The fourth-order valence-corrected chi connectivity index (χ4v) is 1.54. The first kappa shape index (κ1) is 11.9. The number of hydrogen-bond acceptors (Lipinski definition) is 3. The van der Waals surface area contributed by atoms with Gasteiger partial charge in [0.25, 0.3) is 0 Å². The van der Waals surface area contributed by atoms with Gasteiger partial charge < -0.3 is 4.74 Å². The smallest absolute Gasteiger partial charge is 0.226 e. The van der Waals surface area contributed by atoms with Crippen molar-refractivity contribution in [2.45, 2.75) is 20.3 Å². The third-order valence-electron chi connectivity index (χ3n) is 2.44. The molecule has 17 heavy (non-hydrogen) atoms. The van der Waals surface area contributed by atoms with Crippen molar-refractivity contribution in [1.29, 1.82) is 0 Å². The normalized spacial score (nSPS) is 10.3. The molecule has 88 valence electrons. The molecule has 0 amide bonds. The summed E-state index contributed by atoms with van der Waals surface area (Å²) in [5.74, 6) is 1.24. The van der Waals surface area contributed by atoms with Gasteiger partial charge in [0.05, 0.1) is 0 Å². The second-order valence-corrected chi connectivity index (χ2v) is 4.06. The van der Waals surface area contributed by atoms with Gasteiger partial charge in [-0.3, -0.25) is 0 Å². The predicted molar refractivity (Wildman–Crippen MR) is 67.7 cm³/mol. The lowest BCUT2D eigenvalue weighted by Gasteiger charge is -2.07. The summed E-state index contributed by atoms with van der Waals surface area (Å²) in [6.07, 6.45) is 2.66. The standard InChI is InChI=1S/C13H13ClN2O/c1-3-10-4-6-11(7-5-10)17-12-9(2)8-15-13(14)16-12/h4-8H,3H2,1-2H3. The van der Waals surface area contributed by atoms with Gasteiger partial charge in [0, 0.05) is 11.8 Å². The van der Waals surface area contributed by atoms with Crippen LogP contribution in [0.1, 0.15) is 18.1 Å². The summed E-state index contributed by atoms with van der Waals surface area (Å²) >= 11 is 5.73. The molecule has 3 nitrogen and oxygen atoms in total. The number of halogens is 1. The molecular weight excluding hydrogens is 236 g/mol. The molecule has 0 bridgehead atoms. The highest BCUT2D eigenvalue weighted by molar-refractivity contribution is 6.28. The van der Waals surface area contributed by atoms with Crippen molar-refractivity contribution in [2.24, 2.45) is 0 Å². The molecule has 2 rings (SSSR count). The fraction of sp³-hybridized carbons (Fsp3) is 0.231. The highest BCUT2D eigenvalue weighted by Gasteiger charge is 2.05. The summed E-state index contributed by atoms with van der Waals surface area (Å²) in [7, 11) is 0. The third-order valence-corrected chi connectivity index (χ3v) is 2.62. The number of aryl methyl sites for hydroxylation is 2. The van der Waals surface area contributed by atoms with Crippen molar-refractivity contribution in [3.63, 3.8) is 0 Å². The number of aromatic nitrogens is 2. The lowest BCUT2D eigenvalue weighted by molar-refractivity contribution is 0.457. The first-order valence-electron chi connectivity index (χ1n) is 5.45. The van der Waals surface area contributed by atoms with Crippen LogP contribution in [0.15, 0.2) is 30.5 Å². The van der Waals surface area contributed by atoms with Crippen molar-refractivity contribution >= 4 is 11.6 Å². The molecule has 0 unspecified atom stereocenters. The second-order valence-electron chi connectivity index (χ2n) is 3.73. The highest BCUT2D eigenvalue weighted by atomic mass is 35.5. The molecule has 4 heteroatoms. The number of benzene rings is 1. The molecule has 0 aliphatic carbocycles. The second kappa shape index (κ2) is 5.15. The van der Waals surface area contributed by atoms with Gasteiger partial charge in [-0.2, -0.15) is 4.98 Å². The van der Waals surface area contributed by atoms with Crippen LogP contribution in [0.4, 0.5) is 0 Å². The van der Waals surface area contributed by atoms with Crippen LogP contribution in [0.5, 0.6) is 11.6 Å².